The molecular formula is C35H37BrN4O8P2. The highest BCUT2D eigenvalue weighted by Gasteiger charge is 2.28. The summed E-state index contributed by atoms with van der Waals surface area (Å²) in [6, 6.07) is 20.4. The van der Waals surface area contributed by atoms with Gasteiger partial charge in [0.1, 0.15) is 0 Å². The fourth-order valence-corrected chi connectivity index (χ4v) is 7.49. The van der Waals surface area contributed by atoms with Crippen molar-refractivity contribution in [2.75, 3.05) is 41.7 Å². The van der Waals surface area contributed by atoms with Gasteiger partial charge in [-0.05, 0) is 97.2 Å². The van der Waals surface area contributed by atoms with Gasteiger partial charge in [0.2, 0.25) is 0 Å². The average molecular weight is 784 g/mol. The van der Waals surface area contributed by atoms with Crippen LogP contribution in [0.5, 0.6) is 0 Å². The van der Waals surface area contributed by atoms with Crippen molar-refractivity contribution in [2.45, 2.75) is 18.8 Å². The maximum atomic E-state index is 12.7. The lowest BCUT2D eigenvalue weighted by atomic mass is 9.90. The average Bonchev–Trinajstić information content (AvgIpc) is 3.96. The van der Waals surface area contributed by atoms with Crippen molar-refractivity contribution in [3.63, 3.8) is 0 Å². The van der Waals surface area contributed by atoms with Crippen LogP contribution in [0.1, 0.15) is 47.1 Å². The largest absolute Gasteiger partial charge is 0.474 e. The van der Waals surface area contributed by atoms with Crippen LogP contribution in [0.4, 0.5) is 0 Å². The van der Waals surface area contributed by atoms with Gasteiger partial charge in [-0.2, -0.15) is 0 Å². The van der Waals surface area contributed by atoms with Crippen LogP contribution in [0.3, 0.4) is 0 Å². The summed E-state index contributed by atoms with van der Waals surface area (Å²) in [5.74, 6) is -0.319. The Labute approximate surface area is 298 Å². The number of hydrogen-bond donors (Lipinski definition) is 2. The summed E-state index contributed by atoms with van der Waals surface area (Å²) in [5, 5.41) is 0. The van der Waals surface area contributed by atoms with Gasteiger partial charge in [0.15, 0.2) is 0 Å². The molecule has 2 N–H and O–H groups in total. The van der Waals surface area contributed by atoms with Gasteiger partial charge in [-0.15, -0.1) is 0 Å². The van der Waals surface area contributed by atoms with E-state index in [9.17, 15) is 9.13 Å². The number of aromatic amines is 2. The predicted octanol–water partition coefficient (Wildman–Crippen LogP) is 9.78. The molecule has 0 spiro atoms. The van der Waals surface area contributed by atoms with Crippen molar-refractivity contribution in [3.05, 3.63) is 93.5 Å². The Bertz CT molecular complexity index is 2040. The molecule has 50 heavy (non-hydrogen) atoms. The zero-order valence-electron chi connectivity index (χ0n) is 27.9. The Hall–Kier alpha value is -3.48. The molecular weight excluding hydrogens is 746 g/mol. The molecule has 3 aromatic heterocycles. The van der Waals surface area contributed by atoms with E-state index in [0.717, 1.165) is 54.6 Å². The molecule has 5 heterocycles. The summed E-state index contributed by atoms with van der Waals surface area (Å²) in [5.41, 5.74) is 9.39. The minimum absolute atomic E-state index is 0.0203. The molecule has 0 aliphatic carbocycles. The van der Waals surface area contributed by atoms with E-state index in [-0.39, 0.29) is 19.1 Å². The molecule has 8 bridgehead atoms. The van der Waals surface area contributed by atoms with Gasteiger partial charge in [0.05, 0.1) is 36.0 Å². The Balaban J connectivity index is 1.51. The van der Waals surface area contributed by atoms with Crippen LogP contribution in [-0.4, -0.2) is 61.6 Å². The molecule has 1 aromatic carbocycles. The SMILES string of the molecule is COP(=O)(OC)OCCC(CCOP(=O)(OC)OC)c1c2nc(cc3ccc([nH]3)c(-c3ccc(Br)cc3)c3ccc(cc4nc1C=C4)[nH]3)C=C2. The van der Waals surface area contributed by atoms with Crippen molar-refractivity contribution >= 4 is 77.9 Å². The minimum Gasteiger partial charge on any atom is -0.355 e. The quantitative estimate of drug-likeness (QED) is 0.102. The second-order valence-corrected chi connectivity index (χ2v) is 16.0. The summed E-state index contributed by atoms with van der Waals surface area (Å²) in [4.78, 5) is 17.2. The molecule has 0 radical (unpaired) electrons. The lowest BCUT2D eigenvalue weighted by Gasteiger charge is -2.21. The first-order valence-electron chi connectivity index (χ1n) is 15.7. The van der Waals surface area contributed by atoms with Crippen LogP contribution >= 0.6 is 31.6 Å². The highest BCUT2D eigenvalue weighted by Crippen LogP contribution is 2.49. The van der Waals surface area contributed by atoms with Crippen LogP contribution < -0.4 is 0 Å². The van der Waals surface area contributed by atoms with Gasteiger partial charge >= 0.3 is 15.6 Å². The number of fused-ring (bicyclic) bond motifs is 8. The van der Waals surface area contributed by atoms with E-state index in [1.165, 1.54) is 28.4 Å². The van der Waals surface area contributed by atoms with Gasteiger partial charge in [-0.25, -0.2) is 19.1 Å². The molecule has 4 aromatic rings. The van der Waals surface area contributed by atoms with Crippen molar-refractivity contribution in [3.8, 4) is 11.1 Å². The maximum absolute atomic E-state index is 12.7. The normalized spacial score (nSPS) is 13.1. The number of phosphoric acid groups is 2. The topological polar surface area (TPSA) is 147 Å². The van der Waals surface area contributed by atoms with Gasteiger partial charge < -0.3 is 9.97 Å². The van der Waals surface area contributed by atoms with Crippen molar-refractivity contribution < 1.29 is 36.3 Å². The molecule has 6 rings (SSSR count). The molecule has 0 fully saturated rings. The van der Waals surface area contributed by atoms with E-state index >= 15 is 0 Å². The molecule has 12 nitrogen and oxygen atoms in total. The summed E-state index contributed by atoms with van der Waals surface area (Å²) in [7, 11) is -2.43. The van der Waals surface area contributed by atoms with E-state index < -0.39 is 15.6 Å². The molecule has 0 atom stereocenters. The van der Waals surface area contributed by atoms with E-state index in [2.05, 4.69) is 50.2 Å². The number of benzene rings is 1. The predicted molar refractivity (Wildman–Crippen MR) is 199 cm³/mol. The first kappa shape index (κ1) is 36.3. The smallest absolute Gasteiger partial charge is 0.355 e. The van der Waals surface area contributed by atoms with Crippen LogP contribution in [0.25, 0.3) is 57.5 Å². The highest BCUT2D eigenvalue weighted by molar-refractivity contribution is 9.10. The number of halogens is 1. The lowest BCUT2D eigenvalue weighted by Crippen LogP contribution is -2.11. The maximum Gasteiger partial charge on any atom is 0.474 e. The molecule has 15 heteroatoms. The Kier molecular flexibility index (Phi) is 11.5. The molecule has 0 unspecified atom stereocenters. The Morgan fingerprint density at radius 3 is 1.56 bits per heavy atom. The number of nitrogens with one attached hydrogen (secondary N) is 2. The first-order chi connectivity index (χ1) is 24.1. The first-order valence-corrected chi connectivity index (χ1v) is 19.4. The molecule has 0 amide bonds. The van der Waals surface area contributed by atoms with E-state index in [4.69, 9.17) is 37.1 Å². The van der Waals surface area contributed by atoms with Crippen molar-refractivity contribution in [1.82, 2.24) is 19.9 Å². The summed E-state index contributed by atoms with van der Waals surface area (Å²) < 4.78 is 57.5. The van der Waals surface area contributed by atoms with Crippen LogP contribution in [0.15, 0.2) is 65.1 Å². The number of H-pyrrole nitrogens is 2. The number of phosphoric ester groups is 2. The Morgan fingerprint density at radius 2 is 1.12 bits per heavy atom. The molecule has 0 saturated carbocycles. The number of hydrogen-bond acceptors (Lipinski definition) is 10. The second kappa shape index (κ2) is 15.8. The van der Waals surface area contributed by atoms with E-state index in [1.54, 1.807) is 0 Å². The summed E-state index contributed by atoms with van der Waals surface area (Å²) in [6.45, 7) is 0.0405. The van der Waals surface area contributed by atoms with Crippen molar-refractivity contribution in [2.24, 2.45) is 0 Å². The number of rotatable bonds is 14. The monoisotopic (exact) mass is 782 g/mol. The van der Waals surface area contributed by atoms with Crippen LogP contribution in [0.2, 0.25) is 0 Å². The highest BCUT2D eigenvalue weighted by atomic mass is 79.9. The summed E-state index contributed by atoms with van der Waals surface area (Å²) >= 11 is 3.55. The molecule has 2 aliphatic rings. The van der Waals surface area contributed by atoms with Gasteiger partial charge in [0.25, 0.3) is 0 Å². The lowest BCUT2D eigenvalue weighted by molar-refractivity contribution is 0.138. The molecule has 262 valence electrons. The third kappa shape index (κ3) is 8.35. The van der Waals surface area contributed by atoms with Crippen LogP contribution in [0, 0.1) is 0 Å². The third-order valence-corrected chi connectivity index (χ3v) is 11.6. The number of nitrogens with zero attached hydrogens (tertiary/aromatic N) is 2. The molecule has 2 aliphatic heterocycles. The summed E-state index contributed by atoms with van der Waals surface area (Å²) in [6.07, 6.45) is 8.47. The Morgan fingerprint density at radius 1 is 0.660 bits per heavy atom. The van der Waals surface area contributed by atoms with Crippen molar-refractivity contribution in [1.29, 1.82) is 0 Å². The second-order valence-electron chi connectivity index (χ2n) is 11.3. The standard InChI is InChI=1S/C35H37BrN4O8P2/c1-43-49(41,44-2)47-19-17-24(18-20-48-50(42,45-3)46-4)35-32-15-11-28(39-32)21-26-9-13-30(37-26)34(23-5-7-25(36)8-6-23)31-14-10-27(38-31)22-29-12-16-33(35)40-29/h5-16,21-22,24,37-38H,17-20H2,1-4H3. The minimum atomic E-state index is -3.73. The molecule has 0 saturated heterocycles. The van der Waals surface area contributed by atoms with Crippen LogP contribution in [-0.2, 0) is 36.3 Å². The van der Waals surface area contributed by atoms with Gasteiger partial charge in [-0.3, -0.25) is 27.1 Å². The number of aromatic nitrogens is 4. The third-order valence-electron chi connectivity index (χ3n) is 8.30. The zero-order chi connectivity index (χ0) is 35.3. The fraction of sp³-hybridized carbons (Fsp3) is 0.257. The fourth-order valence-electron chi connectivity index (χ4n) is 5.85. The van der Waals surface area contributed by atoms with Gasteiger partial charge in [0, 0.05) is 66.1 Å². The zero-order valence-corrected chi connectivity index (χ0v) is 31.3. The van der Waals surface area contributed by atoms with E-state index in [0.29, 0.717) is 24.2 Å². The van der Waals surface area contributed by atoms with Gasteiger partial charge in [-0.1, -0.05) is 28.1 Å². The van der Waals surface area contributed by atoms with E-state index in [1.807, 2.05) is 60.7 Å².